The Morgan fingerprint density at radius 3 is 3.05 bits per heavy atom. The Bertz CT molecular complexity index is 586. The number of hydrogen-bond donors (Lipinski definition) is 0. The summed E-state index contributed by atoms with van der Waals surface area (Å²) in [6.07, 6.45) is 1.29. The van der Waals surface area contributed by atoms with Crippen LogP contribution >= 0.6 is 23.5 Å². The summed E-state index contributed by atoms with van der Waals surface area (Å²) in [5, 5.41) is 0. The van der Waals surface area contributed by atoms with Gasteiger partial charge >= 0.3 is 0 Å². The second kappa shape index (κ2) is 6.01. The lowest BCUT2D eigenvalue weighted by molar-refractivity contribution is -0.140. The summed E-state index contributed by atoms with van der Waals surface area (Å²) in [6, 6.07) is 8.03. The molecule has 3 rings (SSSR count). The van der Waals surface area contributed by atoms with Crippen molar-refractivity contribution >= 4 is 45.4 Å². The smallest absolute Gasteiger partial charge is 0.239 e. The molecule has 0 spiro atoms. The van der Waals surface area contributed by atoms with Crippen LogP contribution in [0.25, 0.3) is 0 Å². The van der Waals surface area contributed by atoms with E-state index >= 15 is 0 Å². The Kier molecular flexibility index (Phi) is 4.12. The number of amides is 2. The fourth-order valence-electron chi connectivity index (χ4n) is 2.20. The van der Waals surface area contributed by atoms with Gasteiger partial charge in [0.2, 0.25) is 11.8 Å². The predicted octanol–water partition coefficient (Wildman–Crippen LogP) is 2.80. The summed E-state index contributed by atoms with van der Waals surface area (Å²) < 4.78 is 0.906. The molecule has 0 aliphatic carbocycles. The maximum atomic E-state index is 12.0. The summed E-state index contributed by atoms with van der Waals surface area (Å²) in [5.74, 6) is 1.04. The van der Waals surface area contributed by atoms with Gasteiger partial charge in [-0.25, -0.2) is 4.99 Å². The van der Waals surface area contributed by atoms with Crippen molar-refractivity contribution in [2.45, 2.75) is 18.6 Å². The van der Waals surface area contributed by atoms with Crippen molar-refractivity contribution in [2.75, 3.05) is 12.3 Å². The molecule has 2 heterocycles. The van der Waals surface area contributed by atoms with Crippen molar-refractivity contribution in [3.8, 4) is 0 Å². The van der Waals surface area contributed by atoms with Gasteiger partial charge in [-0.2, -0.15) is 0 Å². The molecule has 0 atom stereocenters. The normalized spacial score (nSPS) is 17.9. The monoisotopic (exact) mass is 306 g/mol. The van der Waals surface area contributed by atoms with Crippen molar-refractivity contribution in [2.24, 2.45) is 4.99 Å². The highest BCUT2D eigenvalue weighted by molar-refractivity contribution is 8.38. The van der Waals surface area contributed by atoms with Gasteiger partial charge in [-0.3, -0.25) is 14.5 Å². The Labute approximate surface area is 126 Å². The third-order valence-corrected chi connectivity index (χ3v) is 5.48. The van der Waals surface area contributed by atoms with Crippen LogP contribution in [0.4, 0.5) is 5.69 Å². The van der Waals surface area contributed by atoms with Gasteiger partial charge in [-0.15, -0.1) is 0 Å². The molecule has 0 unspecified atom stereocenters. The van der Waals surface area contributed by atoms with Gasteiger partial charge in [0.15, 0.2) is 0 Å². The number of aliphatic imine (C=N–C) groups is 1. The number of nitrogens with zero attached hydrogens (tertiary/aromatic N) is 2. The molecule has 4 nitrogen and oxygen atoms in total. The fourth-order valence-corrected chi connectivity index (χ4v) is 4.14. The van der Waals surface area contributed by atoms with Crippen LogP contribution in [-0.2, 0) is 15.3 Å². The Morgan fingerprint density at radius 1 is 1.40 bits per heavy atom. The lowest BCUT2D eigenvalue weighted by atomic mass is 10.2. The number of rotatable bonds is 2. The molecule has 104 valence electrons. The van der Waals surface area contributed by atoms with Crippen molar-refractivity contribution in [3.63, 3.8) is 0 Å². The molecular weight excluding hydrogens is 292 g/mol. The molecule has 2 aliphatic rings. The van der Waals surface area contributed by atoms with E-state index in [-0.39, 0.29) is 11.8 Å². The van der Waals surface area contributed by atoms with Gasteiger partial charge in [-0.1, -0.05) is 41.7 Å². The number of benzene rings is 1. The average Bonchev–Trinajstić information content (AvgIpc) is 2.91. The van der Waals surface area contributed by atoms with Crippen LogP contribution in [0.3, 0.4) is 0 Å². The molecule has 2 aliphatic heterocycles. The van der Waals surface area contributed by atoms with E-state index in [1.54, 1.807) is 11.8 Å². The van der Waals surface area contributed by atoms with Crippen LogP contribution in [0.2, 0.25) is 0 Å². The van der Waals surface area contributed by atoms with Gasteiger partial charge < -0.3 is 0 Å². The van der Waals surface area contributed by atoms with Crippen LogP contribution < -0.4 is 0 Å². The second-order valence-electron chi connectivity index (χ2n) is 4.63. The molecule has 1 aromatic rings. The summed E-state index contributed by atoms with van der Waals surface area (Å²) >= 11 is 3.08. The lowest BCUT2D eigenvalue weighted by Gasteiger charge is -2.16. The van der Waals surface area contributed by atoms with E-state index < -0.39 is 0 Å². The van der Waals surface area contributed by atoms with Gasteiger partial charge in [0.05, 0.1) is 11.4 Å². The number of hydrogen-bond acceptors (Lipinski definition) is 5. The molecule has 0 aromatic heterocycles. The molecule has 0 saturated carbocycles. The quantitative estimate of drug-likeness (QED) is 0.843. The number of likely N-dealkylation sites (tertiary alicyclic amines) is 1. The first kappa shape index (κ1) is 13.7. The van der Waals surface area contributed by atoms with Gasteiger partial charge in [-0.05, 0) is 18.1 Å². The molecule has 0 radical (unpaired) electrons. The second-order valence-corrected chi connectivity index (χ2v) is 6.81. The number of carbonyl (C=O) groups excluding carboxylic acids is 2. The fraction of sp³-hybridized carbons (Fsp3) is 0.357. The highest BCUT2D eigenvalue weighted by atomic mass is 32.2. The summed E-state index contributed by atoms with van der Waals surface area (Å²) in [5.41, 5.74) is 2.21. The van der Waals surface area contributed by atoms with Gasteiger partial charge in [0, 0.05) is 18.7 Å². The third-order valence-electron chi connectivity index (χ3n) is 3.25. The van der Waals surface area contributed by atoms with Crippen LogP contribution in [0, 0.1) is 0 Å². The summed E-state index contributed by atoms with van der Waals surface area (Å²) in [7, 11) is 0. The van der Waals surface area contributed by atoms with Crippen molar-refractivity contribution in [1.82, 2.24) is 4.90 Å². The van der Waals surface area contributed by atoms with E-state index in [9.17, 15) is 9.59 Å². The third kappa shape index (κ3) is 2.91. The van der Waals surface area contributed by atoms with E-state index in [1.165, 1.54) is 22.2 Å². The van der Waals surface area contributed by atoms with Crippen LogP contribution in [-0.4, -0.2) is 33.4 Å². The minimum atomic E-state index is -0.0975. The van der Waals surface area contributed by atoms with E-state index in [1.807, 2.05) is 18.2 Å². The van der Waals surface area contributed by atoms with E-state index in [0.29, 0.717) is 18.7 Å². The minimum Gasteiger partial charge on any atom is -0.282 e. The SMILES string of the molecule is O=C1CCCN1C(=O)CSC1=Nc2ccccc2CS1. The molecule has 2 amide bonds. The van der Waals surface area contributed by atoms with Crippen LogP contribution in [0.1, 0.15) is 18.4 Å². The first-order valence-corrected chi connectivity index (χ1v) is 8.46. The molecule has 1 aromatic carbocycles. The topological polar surface area (TPSA) is 49.7 Å². The van der Waals surface area contributed by atoms with Gasteiger partial charge in [0.1, 0.15) is 4.38 Å². The molecular formula is C14H14N2O2S2. The van der Waals surface area contributed by atoms with Crippen LogP contribution in [0.15, 0.2) is 29.3 Å². The minimum absolute atomic E-state index is 0.0424. The number of imide groups is 1. The summed E-state index contributed by atoms with van der Waals surface area (Å²) in [4.78, 5) is 29.4. The summed E-state index contributed by atoms with van der Waals surface area (Å²) in [6.45, 7) is 0.570. The van der Waals surface area contributed by atoms with Crippen LogP contribution in [0.5, 0.6) is 0 Å². The highest BCUT2D eigenvalue weighted by Gasteiger charge is 2.26. The standard InChI is InChI=1S/C14H14N2O2S2/c17-12-6-3-7-16(12)13(18)9-20-14-15-11-5-2-1-4-10(11)8-19-14/h1-2,4-5H,3,6-9H2. The number of thioether (sulfide) groups is 2. The number of carbonyl (C=O) groups is 2. The van der Waals surface area contributed by atoms with Gasteiger partial charge in [0.25, 0.3) is 0 Å². The van der Waals surface area contributed by atoms with Crippen molar-refractivity contribution in [1.29, 1.82) is 0 Å². The Balaban J connectivity index is 1.61. The number of para-hydroxylation sites is 1. The molecule has 0 N–H and O–H groups in total. The first-order valence-electron chi connectivity index (χ1n) is 6.49. The molecule has 1 fully saturated rings. The maximum absolute atomic E-state index is 12.0. The van der Waals surface area contributed by atoms with E-state index in [2.05, 4.69) is 11.1 Å². The first-order chi connectivity index (χ1) is 9.74. The molecule has 0 bridgehead atoms. The number of fused-ring (bicyclic) bond motifs is 1. The zero-order chi connectivity index (χ0) is 13.9. The average molecular weight is 306 g/mol. The molecule has 20 heavy (non-hydrogen) atoms. The Morgan fingerprint density at radius 2 is 2.25 bits per heavy atom. The van der Waals surface area contributed by atoms with E-state index in [0.717, 1.165) is 22.2 Å². The zero-order valence-electron chi connectivity index (χ0n) is 10.9. The Hall–Kier alpha value is -1.27. The molecule has 6 heteroatoms. The lowest BCUT2D eigenvalue weighted by Crippen LogP contribution is -2.33. The molecule has 1 saturated heterocycles. The zero-order valence-corrected chi connectivity index (χ0v) is 12.5. The highest BCUT2D eigenvalue weighted by Crippen LogP contribution is 2.34. The van der Waals surface area contributed by atoms with E-state index in [4.69, 9.17) is 0 Å². The largest absolute Gasteiger partial charge is 0.282 e. The predicted molar refractivity (Wildman–Crippen MR) is 83.2 cm³/mol. The van der Waals surface area contributed by atoms with Crippen molar-refractivity contribution in [3.05, 3.63) is 29.8 Å². The maximum Gasteiger partial charge on any atom is 0.239 e. The van der Waals surface area contributed by atoms with Crippen molar-refractivity contribution < 1.29 is 9.59 Å².